The number of rotatable bonds is 2. The molecule has 0 aromatic heterocycles. The Hall–Kier alpha value is -1.26. The maximum Gasteiger partial charge on any atom is 0.405 e. The van der Waals surface area contributed by atoms with Gasteiger partial charge < -0.3 is 15.4 Å². The monoisotopic (exact) mass is 200 g/mol. The highest BCUT2D eigenvalue weighted by molar-refractivity contribution is 5.82. The van der Waals surface area contributed by atoms with Gasteiger partial charge in [0.15, 0.2) is 6.10 Å². The average molecular weight is 200 g/mol. The Bertz CT molecular complexity index is 224. The van der Waals surface area contributed by atoms with Crippen LogP contribution in [0.4, 0.5) is 4.79 Å². The van der Waals surface area contributed by atoms with Gasteiger partial charge in [-0.2, -0.15) is 0 Å². The fraction of sp³-hybridized carbons (Fsp3) is 0.778. The third-order valence-corrected chi connectivity index (χ3v) is 2.31. The lowest BCUT2D eigenvalue weighted by Gasteiger charge is -2.28. The second-order valence-corrected chi connectivity index (χ2v) is 3.47. The van der Waals surface area contributed by atoms with E-state index in [-0.39, 0.29) is 5.91 Å². The van der Waals surface area contributed by atoms with Gasteiger partial charge in [-0.3, -0.25) is 4.79 Å². The quantitative estimate of drug-likeness (QED) is 0.704. The Morgan fingerprint density at radius 3 is 2.36 bits per heavy atom. The summed E-state index contributed by atoms with van der Waals surface area (Å²) < 4.78 is 4.61. The molecule has 14 heavy (non-hydrogen) atoms. The standard InChI is InChI=1S/C9H16N2O3/c1-7(14-9(10)13)8(12)11-5-3-2-4-6-11/h7H,2-6H2,1H3,(H2,10,13)/t7-/m0/s1. The van der Waals surface area contributed by atoms with E-state index in [0.29, 0.717) is 0 Å². The summed E-state index contributed by atoms with van der Waals surface area (Å²) in [6.07, 6.45) is 1.55. The van der Waals surface area contributed by atoms with Gasteiger partial charge in [0.25, 0.3) is 5.91 Å². The Balaban J connectivity index is 2.42. The smallest absolute Gasteiger partial charge is 0.405 e. The molecule has 80 valence electrons. The lowest BCUT2D eigenvalue weighted by atomic mass is 10.1. The van der Waals surface area contributed by atoms with Gasteiger partial charge in [0, 0.05) is 13.1 Å². The molecule has 0 aromatic rings. The van der Waals surface area contributed by atoms with Crippen molar-refractivity contribution in [1.82, 2.24) is 4.90 Å². The number of nitrogens with two attached hydrogens (primary N) is 1. The van der Waals surface area contributed by atoms with Crippen molar-refractivity contribution in [2.45, 2.75) is 32.3 Å². The van der Waals surface area contributed by atoms with Crippen molar-refractivity contribution in [1.29, 1.82) is 0 Å². The Labute approximate surface area is 83.2 Å². The second-order valence-electron chi connectivity index (χ2n) is 3.47. The predicted octanol–water partition coefficient (Wildman–Crippen LogP) is 0.483. The molecule has 1 atom stereocenters. The van der Waals surface area contributed by atoms with Crippen molar-refractivity contribution in [3.05, 3.63) is 0 Å². The van der Waals surface area contributed by atoms with Crippen LogP contribution in [0.15, 0.2) is 0 Å². The van der Waals surface area contributed by atoms with Gasteiger partial charge in [-0.05, 0) is 26.2 Å². The Kier molecular flexibility index (Phi) is 3.73. The Morgan fingerprint density at radius 1 is 1.29 bits per heavy atom. The zero-order chi connectivity index (χ0) is 10.6. The molecule has 1 saturated heterocycles. The fourth-order valence-corrected chi connectivity index (χ4v) is 1.60. The molecule has 2 amide bonds. The average Bonchev–Trinajstić information content (AvgIpc) is 2.17. The largest absolute Gasteiger partial charge is 0.437 e. The van der Waals surface area contributed by atoms with Crippen molar-refractivity contribution < 1.29 is 14.3 Å². The molecule has 0 aliphatic carbocycles. The van der Waals surface area contributed by atoms with Crippen LogP contribution >= 0.6 is 0 Å². The minimum Gasteiger partial charge on any atom is -0.437 e. The topological polar surface area (TPSA) is 72.6 Å². The first-order valence-electron chi connectivity index (χ1n) is 4.86. The molecule has 0 bridgehead atoms. The summed E-state index contributed by atoms with van der Waals surface area (Å²) in [5.74, 6) is -0.150. The number of primary amides is 1. The number of ether oxygens (including phenoxy) is 1. The number of likely N-dealkylation sites (tertiary alicyclic amines) is 1. The van der Waals surface area contributed by atoms with E-state index >= 15 is 0 Å². The van der Waals surface area contributed by atoms with E-state index in [4.69, 9.17) is 5.73 Å². The third-order valence-electron chi connectivity index (χ3n) is 2.31. The van der Waals surface area contributed by atoms with Crippen molar-refractivity contribution in [3.8, 4) is 0 Å². The minimum absolute atomic E-state index is 0.150. The number of piperidine rings is 1. The SMILES string of the molecule is C[C@H](OC(N)=O)C(=O)N1CCCCC1. The maximum absolute atomic E-state index is 11.6. The zero-order valence-corrected chi connectivity index (χ0v) is 8.36. The van der Waals surface area contributed by atoms with Crippen LogP contribution in [0.5, 0.6) is 0 Å². The van der Waals surface area contributed by atoms with Crippen molar-refractivity contribution in [2.75, 3.05) is 13.1 Å². The van der Waals surface area contributed by atoms with Crippen LogP contribution in [-0.4, -0.2) is 36.1 Å². The predicted molar refractivity (Wildman–Crippen MR) is 50.6 cm³/mol. The van der Waals surface area contributed by atoms with Gasteiger partial charge in [0.05, 0.1) is 0 Å². The molecule has 1 rings (SSSR count). The van der Waals surface area contributed by atoms with Crippen LogP contribution in [0.2, 0.25) is 0 Å². The van der Waals surface area contributed by atoms with E-state index in [2.05, 4.69) is 4.74 Å². The van der Waals surface area contributed by atoms with Gasteiger partial charge in [0.2, 0.25) is 0 Å². The summed E-state index contributed by atoms with van der Waals surface area (Å²) in [6.45, 7) is 3.05. The summed E-state index contributed by atoms with van der Waals surface area (Å²) in [4.78, 5) is 23.8. The molecule has 0 saturated carbocycles. The molecule has 1 heterocycles. The normalized spacial score (nSPS) is 18.8. The van der Waals surface area contributed by atoms with Gasteiger partial charge in [-0.1, -0.05) is 0 Å². The zero-order valence-electron chi connectivity index (χ0n) is 8.36. The molecule has 5 nitrogen and oxygen atoms in total. The Morgan fingerprint density at radius 2 is 1.86 bits per heavy atom. The first kappa shape index (κ1) is 10.8. The molecule has 1 fully saturated rings. The van der Waals surface area contributed by atoms with Crippen LogP contribution in [-0.2, 0) is 9.53 Å². The second kappa shape index (κ2) is 4.83. The molecule has 0 unspecified atom stereocenters. The van der Waals surface area contributed by atoms with Gasteiger partial charge in [0.1, 0.15) is 0 Å². The van der Waals surface area contributed by atoms with Crippen molar-refractivity contribution >= 4 is 12.0 Å². The van der Waals surface area contributed by atoms with Crippen molar-refractivity contribution in [2.24, 2.45) is 5.73 Å². The first-order chi connectivity index (χ1) is 6.61. The summed E-state index contributed by atoms with van der Waals surface area (Å²) in [7, 11) is 0. The number of nitrogens with zero attached hydrogens (tertiary/aromatic N) is 1. The molecular weight excluding hydrogens is 184 g/mol. The number of carbonyl (C=O) groups excluding carboxylic acids is 2. The summed E-state index contributed by atoms with van der Waals surface area (Å²) in [5, 5.41) is 0. The van der Waals surface area contributed by atoms with Gasteiger partial charge >= 0.3 is 6.09 Å². The van der Waals surface area contributed by atoms with E-state index in [1.165, 1.54) is 0 Å². The van der Waals surface area contributed by atoms with Crippen LogP contribution in [0.25, 0.3) is 0 Å². The highest BCUT2D eigenvalue weighted by Crippen LogP contribution is 2.10. The summed E-state index contributed by atoms with van der Waals surface area (Å²) in [5.41, 5.74) is 4.83. The van der Waals surface area contributed by atoms with Crippen LogP contribution in [0, 0.1) is 0 Å². The van der Waals surface area contributed by atoms with Crippen LogP contribution in [0.1, 0.15) is 26.2 Å². The van der Waals surface area contributed by atoms with E-state index in [1.54, 1.807) is 11.8 Å². The van der Waals surface area contributed by atoms with Gasteiger partial charge in [-0.25, -0.2) is 4.79 Å². The van der Waals surface area contributed by atoms with Crippen LogP contribution in [0.3, 0.4) is 0 Å². The molecule has 0 spiro atoms. The molecule has 0 aromatic carbocycles. The van der Waals surface area contributed by atoms with Gasteiger partial charge in [-0.15, -0.1) is 0 Å². The molecule has 2 N–H and O–H groups in total. The minimum atomic E-state index is -0.900. The fourth-order valence-electron chi connectivity index (χ4n) is 1.60. The lowest BCUT2D eigenvalue weighted by molar-refractivity contribution is -0.140. The molecule has 0 radical (unpaired) electrons. The number of hydrogen-bond donors (Lipinski definition) is 1. The molecular formula is C9H16N2O3. The lowest BCUT2D eigenvalue weighted by Crippen LogP contribution is -2.43. The molecule has 1 aliphatic rings. The third kappa shape index (κ3) is 2.90. The van der Waals surface area contributed by atoms with Crippen molar-refractivity contribution in [3.63, 3.8) is 0 Å². The highest BCUT2D eigenvalue weighted by atomic mass is 16.6. The highest BCUT2D eigenvalue weighted by Gasteiger charge is 2.23. The van der Waals surface area contributed by atoms with E-state index < -0.39 is 12.2 Å². The first-order valence-corrected chi connectivity index (χ1v) is 4.86. The van der Waals surface area contributed by atoms with E-state index in [1.807, 2.05) is 0 Å². The maximum atomic E-state index is 11.6. The number of hydrogen-bond acceptors (Lipinski definition) is 3. The summed E-state index contributed by atoms with van der Waals surface area (Å²) in [6, 6.07) is 0. The summed E-state index contributed by atoms with van der Waals surface area (Å²) >= 11 is 0. The molecule has 1 aliphatic heterocycles. The van der Waals surface area contributed by atoms with E-state index in [0.717, 1.165) is 32.4 Å². The van der Waals surface area contributed by atoms with E-state index in [9.17, 15) is 9.59 Å². The number of amides is 2. The number of carbonyl (C=O) groups is 2. The van der Waals surface area contributed by atoms with Crippen LogP contribution < -0.4 is 5.73 Å². The molecule has 5 heteroatoms.